The van der Waals surface area contributed by atoms with Gasteiger partial charge in [0.1, 0.15) is 0 Å². The fourth-order valence-electron chi connectivity index (χ4n) is 2.61. The average molecular weight is 339 g/mol. The molecule has 0 amide bonds. The number of hydrogen-bond donors (Lipinski definition) is 2. The van der Waals surface area contributed by atoms with Crippen LogP contribution in [0.15, 0.2) is 35.7 Å². The summed E-state index contributed by atoms with van der Waals surface area (Å²) in [7, 11) is 0. The molecule has 0 aliphatic rings. The first kappa shape index (κ1) is 16.4. The molecule has 3 N–H and O–H groups in total. The first-order chi connectivity index (χ1) is 11.5. The van der Waals surface area contributed by atoms with Gasteiger partial charge < -0.3 is 11.1 Å². The number of aromatic nitrogens is 3. The summed E-state index contributed by atoms with van der Waals surface area (Å²) in [4.78, 5) is 13.6. The molecule has 0 saturated carbocycles. The Labute approximate surface area is 146 Å². The zero-order valence-electron chi connectivity index (χ0n) is 14.1. The van der Waals surface area contributed by atoms with Crippen LogP contribution in [0.25, 0.3) is 0 Å². The van der Waals surface area contributed by atoms with Crippen molar-refractivity contribution in [3.05, 3.63) is 63.4 Å². The van der Waals surface area contributed by atoms with Crippen LogP contribution in [0.4, 0.5) is 11.6 Å². The van der Waals surface area contributed by atoms with E-state index in [0.29, 0.717) is 5.95 Å². The zero-order chi connectivity index (χ0) is 17.1. The predicted octanol–water partition coefficient (Wildman–Crippen LogP) is 3.84. The van der Waals surface area contributed by atoms with Crippen molar-refractivity contribution in [1.82, 2.24) is 15.0 Å². The summed E-state index contributed by atoms with van der Waals surface area (Å²) in [6.45, 7) is 5.96. The highest BCUT2D eigenvalue weighted by atomic mass is 32.1. The summed E-state index contributed by atoms with van der Waals surface area (Å²) in [6, 6.07) is 9.92. The van der Waals surface area contributed by atoms with Crippen LogP contribution >= 0.6 is 11.3 Å². The molecule has 3 aromatic rings. The topological polar surface area (TPSA) is 76.7 Å². The predicted molar refractivity (Wildman–Crippen MR) is 99.3 cm³/mol. The van der Waals surface area contributed by atoms with Crippen LogP contribution in [0.2, 0.25) is 0 Å². The first-order valence-corrected chi connectivity index (χ1v) is 8.73. The minimum Gasteiger partial charge on any atom is -0.399 e. The molecule has 0 radical (unpaired) electrons. The van der Waals surface area contributed by atoms with Gasteiger partial charge in [0.05, 0.1) is 16.7 Å². The van der Waals surface area contributed by atoms with Crippen molar-refractivity contribution < 1.29 is 0 Å². The number of nitrogen functional groups attached to an aromatic ring is 1. The molecule has 6 heteroatoms. The quantitative estimate of drug-likeness (QED) is 0.691. The molecule has 124 valence electrons. The molecule has 5 nitrogen and oxygen atoms in total. The molecule has 0 saturated heterocycles. The fourth-order valence-corrected chi connectivity index (χ4v) is 3.27. The van der Waals surface area contributed by atoms with Gasteiger partial charge in [0, 0.05) is 22.5 Å². The lowest BCUT2D eigenvalue weighted by Crippen LogP contribution is -2.16. The lowest BCUT2D eigenvalue weighted by atomic mass is 10.0. The van der Waals surface area contributed by atoms with E-state index < -0.39 is 0 Å². The Morgan fingerprint density at radius 2 is 1.71 bits per heavy atom. The molecule has 0 aliphatic heterocycles. The van der Waals surface area contributed by atoms with E-state index in [-0.39, 0.29) is 6.04 Å². The van der Waals surface area contributed by atoms with Gasteiger partial charge in [0.2, 0.25) is 5.95 Å². The van der Waals surface area contributed by atoms with Gasteiger partial charge >= 0.3 is 0 Å². The summed E-state index contributed by atoms with van der Waals surface area (Å²) >= 11 is 1.65. The van der Waals surface area contributed by atoms with E-state index in [1.807, 2.05) is 51.1 Å². The van der Waals surface area contributed by atoms with Crippen LogP contribution in [0.3, 0.4) is 0 Å². The molecule has 0 unspecified atom stereocenters. The molecule has 24 heavy (non-hydrogen) atoms. The molecule has 0 bridgehead atoms. The number of nitrogens with one attached hydrogen (secondary N) is 1. The summed E-state index contributed by atoms with van der Waals surface area (Å²) in [5.41, 5.74) is 10.7. The van der Waals surface area contributed by atoms with Gasteiger partial charge in [0.15, 0.2) is 0 Å². The maximum atomic E-state index is 5.78. The van der Waals surface area contributed by atoms with Crippen molar-refractivity contribution in [2.75, 3.05) is 11.1 Å². The molecule has 1 aromatic carbocycles. The largest absolute Gasteiger partial charge is 0.399 e. The summed E-state index contributed by atoms with van der Waals surface area (Å²) in [5, 5.41) is 6.59. The second-order valence-corrected chi connectivity index (χ2v) is 6.97. The maximum absolute atomic E-state index is 5.78. The van der Waals surface area contributed by atoms with Crippen LogP contribution in [-0.2, 0) is 6.42 Å². The maximum Gasteiger partial charge on any atom is 0.223 e. The van der Waals surface area contributed by atoms with Crippen LogP contribution in [-0.4, -0.2) is 15.0 Å². The van der Waals surface area contributed by atoms with E-state index in [0.717, 1.165) is 34.2 Å². The summed E-state index contributed by atoms with van der Waals surface area (Å²) in [6.07, 6.45) is 0.791. The second-order valence-electron chi connectivity index (χ2n) is 5.91. The molecule has 2 heterocycles. The number of nitrogens with two attached hydrogens (primary N) is 1. The van der Waals surface area contributed by atoms with Crippen LogP contribution in [0.1, 0.15) is 33.7 Å². The van der Waals surface area contributed by atoms with Crippen LogP contribution < -0.4 is 11.1 Å². The van der Waals surface area contributed by atoms with E-state index in [1.165, 1.54) is 5.56 Å². The molecular weight excluding hydrogens is 318 g/mol. The number of nitrogens with zero attached hydrogens (tertiary/aromatic N) is 3. The number of anilines is 2. The van der Waals surface area contributed by atoms with Crippen molar-refractivity contribution in [1.29, 1.82) is 0 Å². The first-order valence-electron chi connectivity index (χ1n) is 7.85. The van der Waals surface area contributed by atoms with Gasteiger partial charge in [-0.05, 0) is 51.0 Å². The van der Waals surface area contributed by atoms with Gasteiger partial charge in [-0.1, -0.05) is 12.1 Å². The van der Waals surface area contributed by atoms with Gasteiger partial charge in [-0.15, -0.1) is 11.3 Å². The average Bonchev–Trinajstić information content (AvgIpc) is 2.94. The zero-order valence-corrected chi connectivity index (χ0v) is 14.9. The molecule has 1 atom stereocenters. The highest BCUT2D eigenvalue weighted by Gasteiger charge is 2.17. The van der Waals surface area contributed by atoms with E-state index in [9.17, 15) is 0 Å². The van der Waals surface area contributed by atoms with Crippen molar-refractivity contribution in [2.45, 2.75) is 33.2 Å². The third kappa shape index (κ3) is 4.08. The van der Waals surface area contributed by atoms with Crippen LogP contribution in [0, 0.1) is 20.8 Å². The van der Waals surface area contributed by atoms with Gasteiger partial charge in [-0.3, -0.25) is 0 Å². The van der Waals surface area contributed by atoms with Crippen molar-refractivity contribution in [3.63, 3.8) is 0 Å². The van der Waals surface area contributed by atoms with Crippen molar-refractivity contribution in [3.8, 4) is 0 Å². The molecular formula is C18H21N5S. The summed E-state index contributed by atoms with van der Waals surface area (Å²) in [5.74, 6) is 0.638. The second kappa shape index (κ2) is 6.97. The molecule has 0 spiro atoms. The van der Waals surface area contributed by atoms with Crippen molar-refractivity contribution >= 4 is 23.0 Å². The number of benzene rings is 1. The van der Waals surface area contributed by atoms with E-state index in [1.54, 1.807) is 11.3 Å². The molecule has 0 fully saturated rings. The number of thiazole rings is 1. The number of rotatable bonds is 5. The fraction of sp³-hybridized carbons (Fsp3) is 0.278. The SMILES string of the molecule is Cc1cc(C)nc(N[C@@H](Cc2ccc(N)cc2)c2csc(C)n2)n1. The summed E-state index contributed by atoms with van der Waals surface area (Å²) < 4.78 is 0. The smallest absolute Gasteiger partial charge is 0.223 e. The Balaban J connectivity index is 1.88. The Kier molecular flexibility index (Phi) is 4.76. The monoisotopic (exact) mass is 339 g/mol. The highest BCUT2D eigenvalue weighted by molar-refractivity contribution is 7.09. The number of aryl methyl sites for hydroxylation is 3. The highest BCUT2D eigenvalue weighted by Crippen LogP contribution is 2.24. The Bertz CT molecular complexity index is 805. The normalized spacial score (nSPS) is 12.1. The Morgan fingerprint density at radius 3 is 2.29 bits per heavy atom. The Hall–Kier alpha value is -2.47. The van der Waals surface area contributed by atoms with E-state index in [4.69, 9.17) is 5.73 Å². The minimum absolute atomic E-state index is 0.0137. The minimum atomic E-state index is 0.0137. The van der Waals surface area contributed by atoms with Gasteiger partial charge in [0.25, 0.3) is 0 Å². The molecule has 3 rings (SSSR count). The van der Waals surface area contributed by atoms with Crippen LogP contribution in [0.5, 0.6) is 0 Å². The molecule has 2 aromatic heterocycles. The lowest BCUT2D eigenvalue weighted by Gasteiger charge is -2.18. The van der Waals surface area contributed by atoms with Gasteiger partial charge in [-0.2, -0.15) is 0 Å². The Morgan fingerprint density at radius 1 is 1.04 bits per heavy atom. The molecule has 0 aliphatic carbocycles. The van der Waals surface area contributed by atoms with E-state index >= 15 is 0 Å². The standard InChI is InChI=1S/C18H21N5S/c1-11-8-12(2)21-18(20-11)23-16(17-10-24-13(3)22-17)9-14-4-6-15(19)7-5-14/h4-8,10,16H,9,19H2,1-3H3,(H,20,21,23)/t16-/m0/s1. The van der Waals surface area contributed by atoms with Crippen molar-refractivity contribution in [2.24, 2.45) is 0 Å². The third-order valence-corrected chi connectivity index (χ3v) is 4.49. The van der Waals surface area contributed by atoms with Gasteiger partial charge in [-0.25, -0.2) is 15.0 Å². The number of hydrogen-bond acceptors (Lipinski definition) is 6. The van der Waals surface area contributed by atoms with E-state index in [2.05, 4.69) is 25.6 Å². The third-order valence-electron chi connectivity index (χ3n) is 3.70. The lowest BCUT2D eigenvalue weighted by molar-refractivity contribution is 0.737.